The van der Waals surface area contributed by atoms with Crippen LogP contribution in [0.4, 0.5) is 19.3 Å². The topological polar surface area (TPSA) is 44.8 Å². The smallest absolute Gasteiger partial charge is 0.387 e. The SMILES string of the molecule is CCN(C(=O)Nc1cccc(OC(F)F)c1C)[C@@H]1CCN([C@H](C)c2ccccc2)C1. The number of rotatable bonds is 7. The molecule has 1 saturated heterocycles. The van der Waals surface area contributed by atoms with Crippen molar-refractivity contribution in [1.29, 1.82) is 0 Å². The lowest BCUT2D eigenvalue weighted by Crippen LogP contribution is -2.44. The Morgan fingerprint density at radius 3 is 2.63 bits per heavy atom. The molecule has 0 aromatic heterocycles. The number of alkyl halides is 2. The largest absolute Gasteiger partial charge is 0.434 e. The number of carbonyl (C=O) groups excluding carboxylic acids is 1. The van der Waals surface area contributed by atoms with E-state index in [1.807, 2.05) is 30.0 Å². The first-order chi connectivity index (χ1) is 14.4. The first-order valence-electron chi connectivity index (χ1n) is 10.3. The lowest BCUT2D eigenvalue weighted by atomic mass is 10.1. The maximum absolute atomic E-state index is 13.0. The minimum atomic E-state index is -2.90. The van der Waals surface area contributed by atoms with Crippen LogP contribution in [0, 0.1) is 6.92 Å². The maximum Gasteiger partial charge on any atom is 0.387 e. The van der Waals surface area contributed by atoms with Crippen molar-refractivity contribution in [2.45, 2.75) is 45.9 Å². The molecule has 2 amide bonds. The Morgan fingerprint density at radius 1 is 1.23 bits per heavy atom. The van der Waals surface area contributed by atoms with Gasteiger partial charge in [0.25, 0.3) is 0 Å². The standard InChI is InChI=1S/C23H29F2N3O2/c1-4-28(19-13-14-27(15-19)17(3)18-9-6-5-7-10-18)23(29)26-20-11-8-12-21(16(20)2)30-22(24)25/h5-12,17,19,22H,4,13-15H2,1-3H3,(H,26,29)/t17-,19-/m1/s1. The number of halogens is 2. The van der Waals surface area contributed by atoms with Crippen LogP contribution >= 0.6 is 0 Å². The quantitative estimate of drug-likeness (QED) is 0.666. The van der Waals surface area contributed by atoms with E-state index in [2.05, 4.69) is 34.0 Å². The normalized spacial score (nSPS) is 17.7. The molecule has 0 saturated carbocycles. The fourth-order valence-electron chi connectivity index (χ4n) is 4.04. The van der Waals surface area contributed by atoms with Crippen LogP contribution < -0.4 is 10.1 Å². The van der Waals surface area contributed by atoms with Gasteiger partial charge >= 0.3 is 12.6 Å². The second-order valence-electron chi connectivity index (χ2n) is 7.55. The third-order valence-electron chi connectivity index (χ3n) is 5.81. The molecule has 1 aliphatic heterocycles. The molecular formula is C23H29F2N3O2. The van der Waals surface area contributed by atoms with Crippen molar-refractivity contribution in [2.75, 3.05) is 25.0 Å². The van der Waals surface area contributed by atoms with Gasteiger partial charge in [-0.25, -0.2) is 4.79 Å². The van der Waals surface area contributed by atoms with Crippen LogP contribution in [-0.4, -0.2) is 48.1 Å². The Hall–Kier alpha value is -2.67. The Bertz CT molecular complexity index is 848. The van der Waals surface area contributed by atoms with Gasteiger partial charge in [-0.2, -0.15) is 8.78 Å². The highest BCUT2D eigenvalue weighted by Gasteiger charge is 2.32. The number of likely N-dealkylation sites (N-methyl/N-ethyl adjacent to an activating group) is 1. The van der Waals surface area contributed by atoms with Gasteiger partial charge in [0.05, 0.1) is 0 Å². The Kier molecular flexibility index (Phi) is 7.26. The van der Waals surface area contributed by atoms with Gasteiger partial charge in [0, 0.05) is 43.0 Å². The van der Waals surface area contributed by atoms with Gasteiger partial charge in [-0.05, 0) is 44.9 Å². The molecule has 3 rings (SSSR count). The summed E-state index contributed by atoms with van der Waals surface area (Å²) in [5.74, 6) is 0.0644. The highest BCUT2D eigenvalue weighted by Crippen LogP contribution is 2.29. The van der Waals surface area contributed by atoms with Gasteiger partial charge in [-0.1, -0.05) is 36.4 Å². The summed E-state index contributed by atoms with van der Waals surface area (Å²) in [4.78, 5) is 17.2. The number of anilines is 1. The number of hydrogen-bond donors (Lipinski definition) is 1. The molecule has 1 N–H and O–H groups in total. The summed E-state index contributed by atoms with van der Waals surface area (Å²) < 4.78 is 29.7. The van der Waals surface area contributed by atoms with Crippen LogP contribution in [0.15, 0.2) is 48.5 Å². The van der Waals surface area contributed by atoms with E-state index in [1.165, 1.54) is 11.6 Å². The van der Waals surface area contributed by atoms with E-state index in [1.54, 1.807) is 19.1 Å². The third kappa shape index (κ3) is 5.08. The molecule has 5 nitrogen and oxygen atoms in total. The minimum Gasteiger partial charge on any atom is -0.434 e. The maximum atomic E-state index is 13.0. The highest BCUT2D eigenvalue weighted by atomic mass is 19.3. The molecule has 0 unspecified atom stereocenters. The molecule has 162 valence electrons. The predicted octanol–water partition coefficient (Wildman–Crippen LogP) is 5.29. The number of urea groups is 1. The summed E-state index contributed by atoms with van der Waals surface area (Å²) in [6.45, 7) is 5.17. The summed E-state index contributed by atoms with van der Waals surface area (Å²) in [6.07, 6.45) is 0.895. The molecule has 7 heteroatoms. The summed E-state index contributed by atoms with van der Waals surface area (Å²) >= 11 is 0. The summed E-state index contributed by atoms with van der Waals surface area (Å²) in [6, 6.07) is 15.2. The fourth-order valence-corrected chi connectivity index (χ4v) is 4.04. The number of hydrogen-bond acceptors (Lipinski definition) is 3. The zero-order chi connectivity index (χ0) is 21.7. The van der Waals surface area contributed by atoms with Gasteiger partial charge in [-0.15, -0.1) is 0 Å². The average Bonchev–Trinajstić information content (AvgIpc) is 3.21. The molecule has 2 aromatic carbocycles. The molecule has 2 aromatic rings. The van der Waals surface area contributed by atoms with Gasteiger partial charge < -0.3 is 15.0 Å². The van der Waals surface area contributed by atoms with Crippen LogP contribution in [0.5, 0.6) is 5.75 Å². The molecule has 1 heterocycles. The Balaban J connectivity index is 1.66. The fraction of sp³-hybridized carbons (Fsp3) is 0.435. The van der Waals surface area contributed by atoms with Gasteiger partial charge in [-0.3, -0.25) is 4.90 Å². The van der Waals surface area contributed by atoms with Crippen molar-refractivity contribution in [2.24, 2.45) is 0 Å². The van der Waals surface area contributed by atoms with Crippen LogP contribution in [0.3, 0.4) is 0 Å². The second kappa shape index (κ2) is 9.89. The molecular weight excluding hydrogens is 388 g/mol. The van der Waals surface area contributed by atoms with Crippen LogP contribution in [-0.2, 0) is 0 Å². The van der Waals surface area contributed by atoms with Crippen molar-refractivity contribution >= 4 is 11.7 Å². The van der Waals surface area contributed by atoms with Crippen molar-refractivity contribution in [1.82, 2.24) is 9.80 Å². The van der Waals surface area contributed by atoms with E-state index in [-0.39, 0.29) is 23.9 Å². The Morgan fingerprint density at radius 2 is 1.97 bits per heavy atom. The zero-order valence-electron chi connectivity index (χ0n) is 17.6. The third-order valence-corrected chi connectivity index (χ3v) is 5.81. The highest BCUT2D eigenvalue weighted by molar-refractivity contribution is 5.90. The van der Waals surface area contributed by atoms with E-state index in [4.69, 9.17) is 0 Å². The van der Waals surface area contributed by atoms with Crippen LogP contribution in [0.25, 0.3) is 0 Å². The van der Waals surface area contributed by atoms with Gasteiger partial charge in [0.15, 0.2) is 0 Å². The second-order valence-corrected chi connectivity index (χ2v) is 7.55. The molecule has 1 aliphatic rings. The molecule has 0 aliphatic carbocycles. The number of amides is 2. The lowest BCUT2D eigenvalue weighted by Gasteiger charge is -2.30. The van der Waals surface area contributed by atoms with E-state index >= 15 is 0 Å². The molecule has 0 radical (unpaired) electrons. The summed E-state index contributed by atoms with van der Waals surface area (Å²) in [5, 5.41) is 2.87. The van der Waals surface area contributed by atoms with E-state index in [0.29, 0.717) is 17.8 Å². The number of nitrogens with one attached hydrogen (secondary N) is 1. The van der Waals surface area contributed by atoms with E-state index in [0.717, 1.165) is 19.5 Å². The predicted molar refractivity (Wildman–Crippen MR) is 114 cm³/mol. The number of likely N-dealkylation sites (tertiary alicyclic amines) is 1. The zero-order valence-corrected chi connectivity index (χ0v) is 17.6. The summed E-state index contributed by atoms with van der Waals surface area (Å²) in [5.41, 5.74) is 2.22. The van der Waals surface area contributed by atoms with Crippen molar-refractivity contribution in [3.05, 3.63) is 59.7 Å². The first kappa shape index (κ1) is 22.0. The molecule has 0 bridgehead atoms. The molecule has 30 heavy (non-hydrogen) atoms. The molecule has 1 fully saturated rings. The Labute approximate surface area is 176 Å². The van der Waals surface area contributed by atoms with Gasteiger partial charge in [0.1, 0.15) is 5.75 Å². The number of benzene rings is 2. The van der Waals surface area contributed by atoms with Crippen molar-refractivity contribution in [3.63, 3.8) is 0 Å². The van der Waals surface area contributed by atoms with Crippen molar-refractivity contribution in [3.8, 4) is 5.75 Å². The number of nitrogens with zero attached hydrogens (tertiary/aromatic N) is 2. The van der Waals surface area contributed by atoms with Crippen molar-refractivity contribution < 1.29 is 18.3 Å². The lowest BCUT2D eigenvalue weighted by molar-refractivity contribution is -0.0502. The van der Waals surface area contributed by atoms with Crippen LogP contribution in [0.1, 0.15) is 37.4 Å². The first-order valence-corrected chi connectivity index (χ1v) is 10.3. The van der Waals surface area contributed by atoms with E-state index in [9.17, 15) is 13.6 Å². The monoisotopic (exact) mass is 417 g/mol. The molecule has 0 spiro atoms. The summed E-state index contributed by atoms with van der Waals surface area (Å²) in [7, 11) is 0. The number of carbonyl (C=O) groups is 1. The van der Waals surface area contributed by atoms with E-state index < -0.39 is 6.61 Å². The van der Waals surface area contributed by atoms with Crippen LogP contribution in [0.2, 0.25) is 0 Å². The minimum absolute atomic E-state index is 0.0644. The average molecular weight is 418 g/mol. The molecule has 2 atom stereocenters. The number of ether oxygens (including phenoxy) is 1. The van der Waals surface area contributed by atoms with Gasteiger partial charge in [0.2, 0.25) is 0 Å².